The van der Waals surface area contributed by atoms with Gasteiger partial charge in [0.25, 0.3) is 0 Å². The zero-order valence-corrected chi connectivity index (χ0v) is 9.13. The van der Waals surface area contributed by atoms with Crippen LogP contribution in [0.2, 0.25) is 0 Å². The van der Waals surface area contributed by atoms with Gasteiger partial charge < -0.3 is 11.5 Å². The Balaban J connectivity index is 2.73. The molecule has 13 heavy (non-hydrogen) atoms. The van der Waals surface area contributed by atoms with Crippen molar-refractivity contribution in [1.29, 1.82) is 0 Å². The fraction of sp³-hybridized carbons (Fsp3) is 0.400. The maximum atomic E-state index is 5.66. The molecule has 1 aromatic carbocycles. The second kappa shape index (κ2) is 5.37. The van der Waals surface area contributed by atoms with Gasteiger partial charge in [0, 0.05) is 4.47 Å². The van der Waals surface area contributed by atoms with Crippen LogP contribution in [-0.4, -0.2) is 13.1 Å². The smallest absolute Gasteiger partial charge is 0.0175 e. The zero-order valence-electron chi connectivity index (χ0n) is 7.54. The van der Waals surface area contributed by atoms with Gasteiger partial charge in [-0.3, -0.25) is 0 Å². The fourth-order valence-corrected chi connectivity index (χ4v) is 1.62. The first-order valence-electron chi connectivity index (χ1n) is 4.43. The van der Waals surface area contributed by atoms with E-state index in [1.54, 1.807) is 0 Å². The molecule has 0 amide bonds. The maximum Gasteiger partial charge on any atom is 0.0175 e. The lowest BCUT2D eigenvalue weighted by atomic mass is 9.96. The van der Waals surface area contributed by atoms with Gasteiger partial charge in [-0.05, 0) is 43.1 Å². The summed E-state index contributed by atoms with van der Waals surface area (Å²) in [6, 6.07) is 8.26. The number of hydrogen-bond donors (Lipinski definition) is 2. The van der Waals surface area contributed by atoms with Gasteiger partial charge in [-0.25, -0.2) is 0 Å². The van der Waals surface area contributed by atoms with Crippen LogP contribution in [0.25, 0.3) is 0 Å². The predicted molar refractivity (Wildman–Crippen MR) is 59.6 cm³/mol. The van der Waals surface area contributed by atoms with E-state index in [9.17, 15) is 0 Å². The molecular weight excluding hydrogens is 228 g/mol. The molecule has 1 atom stereocenters. The normalized spacial score (nSPS) is 12.8. The van der Waals surface area contributed by atoms with Crippen molar-refractivity contribution in [3.8, 4) is 0 Å². The Morgan fingerprint density at radius 2 is 1.77 bits per heavy atom. The topological polar surface area (TPSA) is 52.0 Å². The van der Waals surface area contributed by atoms with E-state index in [2.05, 4.69) is 28.1 Å². The average molecular weight is 243 g/mol. The molecule has 2 nitrogen and oxygen atoms in total. The van der Waals surface area contributed by atoms with Crippen molar-refractivity contribution < 1.29 is 0 Å². The lowest BCUT2D eigenvalue weighted by Crippen LogP contribution is -2.16. The summed E-state index contributed by atoms with van der Waals surface area (Å²) in [5.41, 5.74) is 12.4. The summed E-state index contributed by atoms with van der Waals surface area (Å²) in [7, 11) is 0. The van der Waals surface area contributed by atoms with Gasteiger partial charge in [-0.1, -0.05) is 28.1 Å². The summed E-state index contributed by atoms with van der Waals surface area (Å²) >= 11 is 3.40. The molecule has 1 rings (SSSR count). The van der Waals surface area contributed by atoms with E-state index in [0.29, 0.717) is 19.0 Å². The molecule has 0 aliphatic rings. The van der Waals surface area contributed by atoms with Crippen molar-refractivity contribution in [2.24, 2.45) is 11.5 Å². The molecule has 0 aliphatic heterocycles. The van der Waals surface area contributed by atoms with Crippen molar-refractivity contribution in [2.75, 3.05) is 13.1 Å². The van der Waals surface area contributed by atoms with E-state index in [4.69, 9.17) is 11.5 Å². The van der Waals surface area contributed by atoms with Crippen LogP contribution in [-0.2, 0) is 0 Å². The summed E-state index contributed by atoms with van der Waals surface area (Å²) < 4.78 is 1.10. The molecule has 0 spiro atoms. The number of halogens is 1. The van der Waals surface area contributed by atoms with E-state index in [-0.39, 0.29) is 0 Å². The lowest BCUT2D eigenvalue weighted by Gasteiger charge is -2.13. The van der Waals surface area contributed by atoms with Gasteiger partial charge in [0.2, 0.25) is 0 Å². The summed E-state index contributed by atoms with van der Waals surface area (Å²) in [5.74, 6) is 0.401. The number of hydrogen-bond acceptors (Lipinski definition) is 2. The minimum atomic E-state index is 0.401. The highest BCUT2D eigenvalue weighted by molar-refractivity contribution is 9.10. The SMILES string of the molecule is NCCC(CN)c1ccc(Br)cc1. The molecule has 1 aromatic rings. The average Bonchev–Trinajstić information content (AvgIpc) is 2.16. The van der Waals surface area contributed by atoms with Crippen LogP contribution in [0, 0.1) is 0 Å². The highest BCUT2D eigenvalue weighted by Crippen LogP contribution is 2.20. The number of nitrogens with two attached hydrogens (primary N) is 2. The first-order valence-corrected chi connectivity index (χ1v) is 5.23. The van der Waals surface area contributed by atoms with Crippen molar-refractivity contribution in [3.63, 3.8) is 0 Å². The van der Waals surface area contributed by atoms with Gasteiger partial charge in [-0.15, -0.1) is 0 Å². The van der Waals surface area contributed by atoms with Gasteiger partial charge >= 0.3 is 0 Å². The highest BCUT2D eigenvalue weighted by atomic mass is 79.9. The Hall–Kier alpha value is -0.380. The Labute approximate surface area is 87.4 Å². The summed E-state index contributed by atoms with van der Waals surface area (Å²) in [6.07, 6.45) is 0.956. The van der Waals surface area contributed by atoms with Gasteiger partial charge in [-0.2, -0.15) is 0 Å². The Morgan fingerprint density at radius 1 is 1.15 bits per heavy atom. The van der Waals surface area contributed by atoms with E-state index in [1.807, 2.05) is 12.1 Å². The molecule has 0 aliphatic carbocycles. The van der Waals surface area contributed by atoms with Crippen LogP contribution in [0.5, 0.6) is 0 Å². The number of rotatable bonds is 4. The minimum absolute atomic E-state index is 0.401. The molecule has 0 saturated heterocycles. The Bertz CT molecular complexity index is 246. The van der Waals surface area contributed by atoms with Crippen LogP contribution in [0.15, 0.2) is 28.7 Å². The number of benzene rings is 1. The van der Waals surface area contributed by atoms with E-state index in [1.165, 1.54) is 5.56 Å². The molecule has 3 heteroatoms. The van der Waals surface area contributed by atoms with E-state index in [0.717, 1.165) is 10.9 Å². The standard InChI is InChI=1S/C10H15BrN2/c11-10-3-1-8(2-4-10)9(7-13)5-6-12/h1-4,9H,5-7,12-13H2. The van der Waals surface area contributed by atoms with Crippen LogP contribution in [0.4, 0.5) is 0 Å². The minimum Gasteiger partial charge on any atom is -0.330 e. The molecule has 0 heterocycles. The third kappa shape index (κ3) is 3.10. The van der Waals surface area contributed by atoms with Crippen LogP contribution in [0.1, 0.15) is 17.9 Å². The van der Waals surface area contributed by atoms with Crippen LogP contribution in [0.3, 0.4) is 0 Å². The molecule has 1 unspecified atom stereocenters. The van der Waals surface area contributed by atoms with Crippen molar-refractivity contribution in [1.82, 2.24) is 0 Å². The molecule has 0 aromatic heterocycles. The molecule has 0 bridgehead atoms. The van der Waals surface area contributed by atoms with Crippen LogP contribution >= 0.6 is 15.9 Å². The Kier molecular flexibility index (Phi) is 4.42. The zero-order chi connectivity index (χ0) is 9.68. The van der Waals surface area contributed by atoms with Gasteiger partial charge in [0.05, 0.1) is 0 Å². The second-order valence-corrected chi connectivity index (χ2v) is 3.98. The van der Waals surface area contributed by atoms with Crippen molar-refractivity contribution in [2.45, 2.75) is 12.3 Å². The third-order valence-corrected chi connectivity index (χ3v) is 2.67. The summed E-state index contributed by atoms with van der Waals surface area (Å²) in [4.78, 5) is 0. The molecule has 0 fully saturated rings. The van der Waals surface area contributed by atoms with Gasteiger partial charge in [0.15, 0.2) is 0 Å². The first-order chi connectivity index (χ1) is 6.27. The second-order valence-electron chi connectivity index (χ2n) is 3.06. The quantitative estimate of drug-likeness (QED) is 0.847. The fourth-order valence-electron chi connectivity index (χ4n) is 1.36. The highest BCUT2D eigenvalue weighted by Gasteiger charge is 2.07. The molecule has 4 N–H and O–H groups in total. The maximum absolute atomic E-state index is 5.66. The predicted octanol–water partition coefficient (Wildman–Crippen LogP) is 1.84. The van der Waals surface area contributed by atoms with Crippen molar-refractivity contribution >= 4 is 15.9 Å². The Morgan fingerprint density at radius 3 is 2.23 bits per heavy atom. The summed E-state index contributed by atoms with van der Waals surface area (Å²) in [6.45, 7) is 1.36. The molecule has 0 radical (unpaired) electrons. The largest absolute Gasteiger partial charge is 0.330 e. The van der Waals surface area contributed by atoms with Crippen LogP contribution < -0.4 is 11.5 Å². The van der Waals surface area contributed by atoms with Crippen molar-refractivity contribution in [3.05, 3.63) is 34.3 Å². The third-order valence-electron chi connectivity index (χ3n) is 2.14. The first kappa shape index (κ1) is 10.7. The van der Waals surface area contributed by atoms with Gasteiger partial charge in [0.1, 0.15) is 0 Å². The summed E-state index contributed by atoms with van der Waals surface area (Å²) in [5, 5.41) is 0. The van der Waals surface area contributed by atoms with E-state index >= 15 is 0 Å². The molecule has 0 saturated carbocycles. The molecule has 72 valence electrons. The lowest BCUT2D eigenvalue weighted by molar-refractivity contribution is 0.643. The molecular formula is C10H15BrN2. The van der Waals surface area contributed by atoms with E-state index < -0.39 is 0 Å². The monoisotopic (exact) mass is 242 g/mol.